The van der Waals surface area contributed by atoms with Crippen molar-refractivity contribution < 1.29 is 0 Å². The molecule has 1 aliphatic rings. The molecule has 1 aliphatic carbocycles. The zero-order chi connectivity index (χ0) is 16.5. The summed E-state index contributed by atoms with van der Waals surface area (Å²) in [5.74, 6) is 2.40. The molecule has 4 rings (SSSR count). The van der Waals surface area contributed by atoms with Gasteiger partial charge in [-0.15, -0.1) is 12.4 Å². The lowest BCUT2D eigenvalue weighted by Gasteiger charge is -2.10. The number of imidazole rings is 1. The van der Waals surface area contributed by atoms with Gasteiger partial charge in [0.15, 0.2) is 11.5 Å². The van der Waals surface area contributed by atoms with Gasteiger partial charge in [-0.2, -0.15) is 0 Å². The first-order valence-corrected chi connectivity index (χ1v) is 8.80. The molecule has 0 saturated heterocycles. The Labute approximate surface area is 157 Å². The molecule has 2 N–H and O–H groups in total. The largest absolute Gasteiger partial charge is 0.364 e. The van der Waals surface area contributed by atoms with Crippen LogP contribution in [0.4, 0.5) is 5.82 Å². The first kappa shape index (κ1) is 17.8. The number of fused-ring (bicyclic) bond motifs is 1. The fraction of sp³-hybridized carbons (Fsp3) is 0.412. The molecule has 1 saturated carbocycles. The van der Waals surface area contributed by atoms with E-state index in [0.29, 0.717) is 17.2 Å². The number of hydrogen-bond acceptors (Lipinski definition) is 5. The number of nitrogens with one attached hydrogen (secondary N) is 2. The fourth-order valence-corrected chi connectivity index (χ4v) is 3.10. The molecule has 0 aliphatic heterocycles. The Balaban J connectivity index is 0.00000182. The molecule has 25 heavy (non-hydrogen) atoms. The summed E-state index contributed by atoms with van der Waals surface area (Å²) in [4.78, 5) is 16.9. The minimum absolute atomic E-state index is 0. The molecular weight excluding hydrogens is 356 g/mol. The van der Waals surface area contributed by atoms with E-state index in [1.165, 1.54) is 12.8 Å². The van der Waals surface area contributed by atoms with Gasteiger partial charge in [-0.3, -0.25) is 9.55 Å². The molecule has 3 aromatic rings. The van der Waals surface area contributed by atoms with Crippen LogP contribution < -0.4 is 5.32 Å². The fourth-order valence-electron chi connectivity index (χ4n) is 2.83. The van der Waals surface area contributed by atoms with E-state index >= 15 is 0 Å². The molecule has 0 spiro atoms. The number of H-pyrrole nitrogens is 1. The van der Waals surface area contributed by atoms with Gasteiger partial charge >= 0.3 is 0 Å². The minimum Gasteiger partial charge on any atom is -0.364 e. The lowest BCUT2D eigenvalue weighted by atomic mass is 10.3. The van der Waals surface area contributed by atoms with Gasteiger partial charge in [0, 0.05) is 31.4 Å². The van der Waals surface area contributed by atoms with Crippen molar-refractivity contribution in [3.63, 3.8) is 0 Å². The van der Waals surface area contributed by atoms with Crippen molar-refractivity contribution in [2.24, 2.45) is 0 Å². The normalized spacial score (nSPS) is 13.6. The molecule has 0 aromatic carbocycles. The van der Waals surface area contributed by atoms with Crippen LogP contribution in [-0.2, 0) is 13.1 Å². The van der Waals surface area contributed by atoms with Crippen LogP contribution in [0.25, 0.3) is 11.2 Å². The third kappa shape index (κ3) is 3.67. The number of anilines is 1. The summed E-state index contributed by atoms with van der Waals surface area (Å²) >= 11 is 5.50. The predicted octanol–water partition coefficient (Wildman–Crippen LogP) is 4.21. The van der Waals surface area contributed by atoms with Crippen LogP contribution in [0.15, 0.2) is 24.5 Å². The van der Waals surface area contributed by atoms with Crippen LogP contribution in [0.2, 0.25) is 0 Å². The topological polar surface area (TPSA) is 71.4 Å². The van der Waals surface area contributed by atoms with E-state index in [2.05, 4.69) is 27.2 Å². The average molecular weight is 377 g/mol. The summed E-state index contributed by atoms with van der Waals surface area (Å²) in [5, 5.41) is 3.40. The van der Waals surface area contributed by atoms with Crippen molar-refractivity contribution in [3.8, 4) is 0 Å². The van der Waals surface area contributed by atoms with Crippen molar-refractivity contribution >= 4 is 41.6 Å². The van der Waals surface area contributed by atoms with Gasteiger partial charge in [-0.25, -0.2) is 9.97 Å². The van der Waals surface area contributed by atoms with Crippen LogP contribution in [0.1, 0.15) is 43.5 Å². The van der Waals surface area contributed by atoms with Gasteiger partial charge in [0.25, 0.3) is 0 Å². The van der Waals surface area contributed by atoms with Crippen molar-refractivity contribution in [2.45, 2.75) is 45.2 Å². The predicted molar refractivity (Wildman–Crippen MR) is 104 cm³/mol. The van der Waals surface area contributed by atoms with Crippen LogP contribution in [0.3, 0.4) is 0 Å². The van der Waals surface area contributed by atoms with Crippen LogP contribution in [0.5, 0.6) is 0 Å². The Morgan fingerprint density at radius 1 is 1.28 bits per heavy atom. The molecule has 0 unspecified atom stereocenters. The molecular formula is C17H21ClN6S. The van der Waals surface area contributed by atoms with Gasteiger partial charge in [0.05, 0.1) is 0 Å². The van der Waals surface area contributed by atoms with Gasteiger partial charge < -0.3 is 10.3 Å². The Hall–Kier alpha value is -1.99. The van der Waals surface area contributed by atoms with Crippen LogP contribution >= 0.6 is 24.6 Å². The van der Waals surface area contributed by atoms with E-state index in [0.717, 1.165) is 41.3 Å². The molecule has 8 heteroatoms. The van der Waals surface area contributed by atoms with E-state index in [1.807, 2.05) is 16.7 Å². The van der Waals surface area contributed by atoms with Crippen LogP contribution in [-0.4, -0.2) is 24.5 Å². The van der Waals surface area contributed by atoms with E-state index < -0.39 is 0 Å². The number of aromatic nitrogens is 5. The zero-order valence-corrected chi connectivity index (χ0v) is 15.7. The summed E-state index contributed by atoms with van der Waals surface area (Å²) in [6, 6.07) is 3.98. The number of nitrogens with zero attached hydrogens (tertiary/aromatic N) is 4. The van der Waals surface area contributed by atoms with E-state index in [-0.39, 0.29) is 12.4 Å². The number of hydrogen-bond donors (Lipinski definition) is 2. The van der Waals surface area contributed by atoms with Gasteiger partial charge in [0.2, 0.25) is 4.77 Å². The quantitative estimate of drug-likeness (QED) is 0.630. The Kier molecular flexibility index (Phi) is 5.34. The molecule has 132 valence electrons. The number of rotatable bonds is 6. The minimum atomic E-state index is 0. The molecule has 0 atom stereocenters. The van der Waals surface area contributed by atoms with Gasteiger partial charge in [-0.05, 0) is 49.2 Å². The third-order valence-corrected chi connectivity index (χ3v) is 4.57. The van der Waals surface area contributed by atoms with Crippen molar-refractivity contribution in [3.05, 3.63) is 40.7 Å². The highest BCUT2D eigenvalue weighted by atomic mass is 35.5. The van der Waals surface area contributed by atoms with Gasteiger partial charge in [0.1, 0.15) is 11.3 Å². The number of halogens is 1. The van der Waals surface area contributed by atoms with E-state index in [1.54, 1.807) is 12.4 Å². The Morgan fingerprint density at radius 3 is 2.72 bits per heavy atom. The molecule has 3 heterocycles. The summed E-state index contributed by atoms with van der Waals surface area (Å²) in [6.07, 6.45) is 7.00. The second-order valence-electron chi connectivity index (χ2n) is 6.20. The van der Waals surface area contributed by atoms with Crippen LogP contribution in [0, 0.1) is 4.77 Å². The first-order valence-electron chi connectivity index (χ1n) is 8.39. The number of pyridine rings is 1. The highest BCUT2D eigenvalue weighted by molar-refractivity contribution is 7.71. The third-order valence-electron chi connectivity index (χ3n) is 4.25. The lowest BCUT2D eigenvalue weighted by Crippen LogP contribution is -2.08. The maximum atomic E-state index is 5.50. The summed E-state index contributed by atoms with van der Waals surface area (Å²) in [6.45, 7) is 3.65. The average Bonchev–Trinajstić information content (AvgIpc) is 3.36. The van der Waals surface area contributed by atoms with Crippen molar-refractivity contribution in [1.29, 1.82) is 0 Å². The number of aromatic amines is 1. The Morgan fingerprint density at radius 2 is 2.04 bits per heavy atom. The standard InChI is InChI=1S/C17H20N6S.ClH/c1-2-9-23-16-13(20-14(21-16)12-3-4-12)15(22-17(23)24)19-10-11-5-7-18-8-6-11;/h5-8,12H,2-4,9-10H2,1H3,(H,20,21)(H,19,22,24);1H. The van der Waals surface area contributed by atoms with Crippen molar-refractivity contribution in [2.75, 3.05) is 5.32 Å². The maximum Gasteiger partial charge on any atom is 0.203 e. The molecule has 1 fully saturated rings. The van der Waals surface area contributed by atoms with E-state index in [4.69, 9.17) is 17.2 Å². The highest BCUT2D eigenvalue weighted by Crippen LogP contribution is 2.39. The second-order valence-corrected chi connectivity index (χ2v) is 6.56. The SMILES string of the molecule is CCCn1c(=S)nc(NCc2ccncc2)c2[nH]c(C3CC3)nc21.Cl. The monoisotopic (exact) mass is 376 g/mol. The molecule has 0 bridgehead atoms. The van der Waals surface area contributed by atoms with Gasteiger partial charge in [-0.1, -0.05) is 6.92 Å². The smallest absolute Gasteiger partial charge is 0.203 e. The summed E-state index contributed by atoms with van der Waals surface area (Å²) < 4.78 is 2.61. The summed E-state index contributed by atoms with van der Waals surface area (Å²) in [5.41, 5.74) is 3.02. The molecule has 0 radical (unpaired) electrons. The first-order chi connectivity index (χ1) is 11.8. The molecule has 6 nitrogen and oxygen atoms in total. The second kappa shape index (κ2) is 7.49. The zero-order valence-electron chi connectivity index (χ0n) is 14.0. The molecule has 3 aromatic heterocycles. The van der Waals surface area contributed by atoms with Crippen molar-refractivity contribution in [1.82, 2.24) is 24.5 Å². The molecule has 0 amide bonds. The Bertz CT molecular complexity index is 916. The number of aryl methyl sites for hydroxylation is 1. The lowest BCUT2D eigenvalue weighted by molar-refractivity contribution is 0.670. The summed E-state index contributed by atoms with van der Waals surface area (Å²) in [7, 11) is 0. The highest BCUT2D eigenvalue weighted by Gasteiger charge is 2.28. The van der Waals surface area contributed by atoms with E-state index in [9.17, 15) is 0 Å². The maximum absolute atomic E-state index is 5.50.